The molecule has 2 N–H and O–H groups in total. The van der Waals surface area contributed by atoms with Crippen molar-refractivity contribution in [3.8, 4) is 5.88 Å². The predicted octanol–water partition coefficient (Wildman–Crippen LogP) is 2.12. The van der Waals surface area contributed by atoms with Crippen molar-refractivity contribution in [2.24, 2.45) is 0 Å². The number of hydrogen-bond donors (Lipinski definition) is 2. The van der Waals surface area contributed by atoms with Crippen molar-refractivity contribution in [1.29, 1.82) is 0 Å². The molecule has 0 radical (unpaired) electrons. The van der Waals surface area contributed by atoms with Gasteiger partial charge in [0.15, 0.2) is 0 Å². The van der Waals surface area contributed by atoms with Gasteiger partial charge in [-0.25, -0.2) is 14.6 Å². The lowest BCUT2D eigenvalue weighted by atomic mass is 9.89. The van der Waals surface area contributed by atoms with Crippen LogP contribution in [0.4, 0.5) is 18.0 Å². The van der Waals surface area contributed by atoms with Crippen LogP contribution >= 0.6 is 0 Å². The first-order valence-corrected chi connectivity index (χ1v) is 10.1. The number of carbonyl (C=O) groups excluding carboxylic acids is 1. The number of likely N-dealkylation sites (tertiary alicyclic amines) is 1. The smallest absolute Gasteiger partial charge is 0.481 e. The Morgan fingerprint density at radius 3 is 2.72 bits per heavy atom. The van der Waals surface area contributed by atoms with Gasteiger partial charge in [-0.05, 0) is 25.3 Å². The van der Waals surface area contributed by atoms with Gasteiger partial charge in [0.25, 0.3) is 0 Å². The summed E-state index contributed by atoms with van der Waals surface area (Å²) in [6, 6.07) is 4.14. The van der Waals surface area contributed by atoms with Crippen molar-refractivity contribution in [2.45, 2.75) is 43.6 Å². The van der Waals surface area contributed by atoms with Gasteiger partial charge in [0.2, 0.25) is 5.88 Å². The van der Waals surface area contributed by atoms with E-state index in [1.165, 1.54) is 0 Å². The number of aromatic nitrogens is 1. The number of pyridine rings is 1. The zero-order chi connectivity index (χ0) is 23.9. The SMILES string of the molecule is COc1ncccc1CN1CC[C@@]2(C[C@H](NC(=O)N(C)C)CCO2)C1.O=C(O)C(F)(F)F. The summed E-state index contributed by atoms with van der Waals surface area (Å²) in [5, 5.41) is 10.2. The third kappa shape index (κ3) is 7.23. The molecule has 3 heterocycles. The molecule has 0 bridgehead atoms. The molecule has 1 spiro atoms. The molecule has 2 saturated heterocycles. The minimum absolute atomic E-state index is 0.0306. The van der Waals surface area contributed by atoms with E-state index in [0.29, 0.717) is 12.5 Å². The largest absolute Gasteiger partial charge is 0.490 e. The second-order valence-corrected chi connectivity index (χ2v) is 8.00. The molecular formula is C20H29F3N4O5. The van der Waals surface area contributed by atoms with Crippen LogP contribution in [0.5, 0.6) is 5.88 Å². The van der Waals surface area contributed by atoms with E-state index >= 15 is 0 Å². The molecule has 2 aliphatic rings. The third-order valence-corrected chi connectivity index (χ3v) is 5.30. The second-order valence-electron chi connectivity index (χ2n) is 8.00. The fourth-order valence-corrected chi connectivity index (χ4v) is 3.77. The van der Waals surface area contributed by atoms with Crippen molar-refractivity contribution in [2.75, 3.05) is 40.9 Å². The molecule has 1 aromatic rings. The second kappa shape index (κ2) is 10.8. The molecule has 0 unspecified atom stereocenters. The number of carboxylic acids is 1. The van der Waals surface area contributed by atoms with Crippen LogP contribution in [0.1, 0.15) is 24.8 Å². The first kappa shape index (κ1) is 25.7. The summed E-state index contributed by atoms with van der Waals surface area (Å²) in [6.07, 6.45) is -0.606. The van der Waals surface area contributed by atoms with Gasteiger partial charge in [-0.3, -0.25) is 4.90 Å². The molecule has 9 nitrogen and oxygen atoms in total. The topological polar surface area (TPSA) is 104 Å². The van der Waals surface area contributed by atoms with E-state index < -0.39 is 12.1 Å². The van der Waals surface area contributed by atoms with Crippen LogP contribution in [0.25, 0.3) is 0 Å². The van der Waals surface area contributed by atoms with Gasteiger partial charge in [0.1, 0.15) is 0 Å². The van der Waals surface area contributed by atoms with Crippen molar-refractivity contribution >= 4 is 12.0 Å². The number of amides is 2. The molecule has 32 heavy (non-hydrogen) atoms. The number of halogens is 3. The number of carbonyl (C=O) groups is 2. The number of nitrogens with one attached hydrogen (secondary N) is 1. The lowest BCUT2D eigenvalue weighted by Crippen LogP contribution is -2.51. The fraction of sp³-hybridized carbons (Fsp3) is 0.650. The zero-order valence-corrected chi connectivity index (χ0v) is 18.3. The van der Waals surface area contributed by atoms with E-state index in [2.05, 4.69) is 21.3 Å². The van der Waals surface area contributed by atoms with Crippen LogP contribution in [-0.4, -0.2) is 90.6 Å². The molecular weight excluding hydrogens is 433 g/mol. The maximum absolute atomic E-state index is 11.9. The maximum atomic E-state index is 11.9. The Kier molecular flexibility index (Phi) is 8.67. The minimum atomic E-state index is -5.08. The lowest BCUT2D eigenvalue weighted by Gasteiger charge is -2.38. The number of methoxy groups -OCH3 is 1. The van der Waals surface area contributed by atoms with Crippen LogP contribution in [0.2, 0.25) is 0 Å². The number of ether oxygens (including phenoxy) is 2. The molecule has 2 amide bonds. The molecule has 12 heteroatoms. The summed E-state index contributed by atoms with van der Waals surface area (Å²) in [7, 11) is 5.19. The number of urea groups is 1. The average Bonchev–Trinajstić information content (AvgIpc) is 3.09. The van der Waals surface area contributed by atoms with Crippen LogP contribution in [0.15, 0.2) is 18.3 Å². The monoisotopic (exact) mass is 462 g/mol. The molecule has 0 saturated carbocycles. The molecule has 2 atom stereocenters. The van der Waals surface area contributed by atoms with Crippen molar-refractivity contribution in [1.82, 2.24) is 20.1 Å². The summed E-state index contributed by atoms with van der Waals surface area (Å²) in [5.41, 5.74) is 0.938. The number of aliphatic carboxylic acids is 1. The van der Waals surface area contributed by atoms with E-state index in [4.69, 9.17) is 19.4 Å². The first-order chi connectivity index (χ1) is 15.0. The van der Waals surface area contributed by atoms with Gasteiger partial charge in [0, 0.05) is 58.1 Å². The number of carboxylic acid groups (broad SMARTS) is 1. The van der Waals surface area contributed by atoms with Gasteiger partial charge in [-0.2, -0.15) is 13.2 Å². The van der Waals surface area contributed by atoms with E-state index in [1.807, 2.05) is 6.07 Å². The van der Waals surface area contributed by atoms with Gasteiger partial charge in [0.05, 0.1) is 12.7 Å². The summed E-state index contributed by atoms with van der Waals surface area (Å²) < 4.78 is 43.3. The van der Waals surface area contributed by atoms with Crippen LogP contribution in [-0.2, 0) is 16.1 Å². The highest BCUT2D eigenvalue weighted by Crippen LogP contribution is 2.35. The molecule has 2 fully saturated rings. The van der Waals surface area contributed by atoms with Gasteiger partial charge >= 0.3 is 18.2 Å². The van der Waals surface area contributed by atoms with Crippen LogP contribution in [0, 0.1) is 0 Å². The predicted molar refractivity (Wildman–Crippen MR) is 108 cm³/mol. The fourth-order valence-electron chi connectivity index (χ4n) is 3.77. The number of nitrogens with zero attached hydrogens (tertiary/aromatic N) is 3. The first-order valence-electron chi connectivity index (χ1n) is 10.1. The summed E-state index contributed by atoms with van der Waals surface area (Å²) >= 11 is 0. The average molecular weight is 462 g/mol. The Hall–Kier alpha value is -2.60. The highest BCUT2D eigenvalue weighted by atomic mass is 19.4. The van der Waals surface area contributed by atoms with Crippen LogP contribution in [0.3, 0.4) is 0 Å². The molecule has 0 aliphatic carbocycles. The standard InChI is InChI=1S/C18H28N4O3.C2HF3O2/c1-21(2)17(23)20-15-6-10-25-18(11-15)7-9-22(13-18)12-14-5-4-8-19-16(14)24-3;3-2(4,5)1(6)7/h4-5,8,15H,6-7,9-13H2,1-3H3,(H,20,23);(H,6,7)/t15-,18-;/m1./s1. The quantitative estimate of drug-likeness (QED) is 0.706. The number of alkyl halides is 3. The molecule has 180 valence electrons. The van der Waals surface area contributed by atoms with E-state index in [-0.39, 0.29) is 17.7 Å². The third-order valence-electron chi connectivity index (χ3n) is 5.30. The van der Waals surface area contributed by atoms with Crippen molar-refractivity contribution in [3.05, 3.63) is 23.9 Å². The van der Waals surface area contributed by atoms with Gasteiger partial charge < -0.3 is 24.8 Å². The van der Waals surface area contributed by atoms with Gasteiger partial charge in [-0.15, -0.1) is 0 Å². The van der Waals surface area contributed by atoms with Gasteiger partial charge in [-0.1, -0.05) is 6.07 Å². The summed E-state index contributed by atoms with van der Waals surface area (Å²) in [6.45, 7) is 3.35. The normalized spacial score (nSPS) is 23.2. The Balaban J connectivity index is 0.000000451. The van der Waals surface area contributed by atoms with E-state index in [0.717, 1.165) is 44.5 Å². The minimum Gasteiger partial charge on any atom is -0.481 e. The Morgan fingerprint density at radius 2 is 2.12 bits per heavy atom. The molecule has 2 aliphatic heterocycles. The van der Waals surface area contributed by atoms with E-state index in [1.54, 1.807) is 32.3 Å². The Bertz CT molecular complexity index is 793. The number of rotatable bonds is 4. The molecule has 1 aromatic heterocycles. The molecule has 0 aromatic carbocycles. The number of hydrogen-bond acceptors (Lipinski definition) is 6. The highest BCUT2D eigenvalue weighted by Gasteiger charge is 2.43. The summed E-state index contributed by atoms with van der Waals surface area (Å²) in [4.78, 5) is 29.1. The van der Waals surface area contributed by atoms with Crippen molar-refractivity contribution in [3.63, 3.8) is 0 Å². The zero-order valence-electron chi connectivity index (χ0n) is 18.3. The molecule has 3 rings (SSSR count). The van der Waals surface area contributed by atoms with E-state index in [9.17, 15) is 18.0 Å². The lowest BCUT2D eigenvalue weighted by molar-refractivity contribution is -0.192. The van der Waals surface area contributed by atoms with Crippen molar-refractivity contribution < 1.29 is 37.3 Å². The Morgan fingerprint density at radius 1 is 1.44 bits per heavy atom. The highest BCUT2D eigenvalue weighted by molar-refractivity contribution is 5.74. The Labute approximate surface area is 184 Å². The maximum Gasteiger partial charge on any atom is 0.490 e. The van der Waals surface area contributed by atoms with Crippen LogP contribution < -0.4 is 10.1 Å². The summed E-state index contributed by atoms with van der Waals surface area (Å²) in [5.74, 6) is -2.07.